The Morgan fingerprint density at radius 2 is 1.92 bits per heavy atom. The molecule has 2 aliphatic heterocycles. The first-order valence-electron chi connectivity index (χ1n) is 7.72. The second-order valence-electron chi connectivity index (χ2n) is 6.39. The fraction of sp³-hybridized carbons (Fsp3) is 0.471. The fourth-order valence-corrected chi connectivity index (χ4v) is 3.79. The van der Waals surface area contributed by atoms with Gasteiger partial charge in [-0.2, -0.15) is 0 Å². The average molecular weight is 332 g/mol. The van der Waals surface area contributed by atoms with Crippen LogP contribution in [0.1, 0.15) is 17.2 Å². The van der Waals surface area contributed by atoms with E-state index in [1.807, 2.05) is 31.2 Å². The zero-order chi connectivity index (χ0) is 17.6. The second kappa shape index (κ2) is 5.68. The molecule has 0 unspecified atom stereocenters. The third-order valence-corrected chi connectivity index (χ3v) is 5.11. The maximum atomic E-state index is 12.6. The molecule has 2 aliphatic rings. The van der Waals surface area contributed by atoms with Crippen molar-refractivity contribution in [1.82, 2.24) is 10.2 Å². The van der Waals surface area contributed by atoms with Crippen LogP contribution in [0.5, 0.6) is 0 Å². The number of imide groups is 1. The van der Waals surface area contributed by atoms with Gasteiger partial charge in [0.15, 0.2) is 5.54 Å². The molecule has 2 amide bonds. The minimum absolute atomic E-state index is 0.359. The number of fused-ring (bicyclic) bond motifs is 1. The molecular formula is C17H20N2O5. The van der Waals surface area contributed by atoms with Gasteiger partial charge in [-0.25, -0.2) is 4.79 Å². The van der Waals surface area contributed by atoms with E-state index in [0.29, 0.717) is 0 Å². The van der Waals surface area contributed by atoms with Crippen molar-refractivity contribution in [3.8, 4) is 0 Å². The van der Waals surface area contributed by atoms with Gasteiger partial charge in [0.05, 0.1) is 25.6 Å². The molecule has 2 heterocycles. The minimum atomic E-state index is -1.62. The number of amides is 2. The first-order chi connectivity index (χ1) is 11.4. The lowest BCUT2D eigenvalue weighted by atomic mass is 9.79. The number of aryl methyl sites for hydroxylation is 1. The number of methoxy groups -OCH3 is 1. The summed E-state index contributed by atoms with van der Waals surface area (Å²) in [5.74, 6) is -3.32. The Morgan fingerprint density at radius 3 is 2.46 bits per heavy atom. The van der Waals surface area contributed by atoms with Gasteiger partial charge in [-0.1, -0.05) is 29.8 Å². The van der Waals surface area contributed by atoms with Gasteiger partial charge in [-0.05, 0) is 12.5 Å². The van der Waals surface area contributed by atoms with Crippen molar-refractivity contribution in [2.75, 3.05) is 20.8 Å². The van der Waals surface area contributed by atoms with Crippen LogP contribution in [0.2, 0.25) is 0 Å². The van der Waals surface area contributed by atoms with Gasteiger partial charge in [0, 0.05) is 13.1 Å². The molecule has 2 N–H and O–H groups in total. The first kappa shape index (κ1) is 16.6. The van der Waals surface area contributed by atoms with Crippen LogP contribution >= 0.6 is 0 Å². The van der Waals surface area contributed by atoms with Crippen LogP contribution in [0.25, 0.3) is 0 Å². The van der Waals surface area contributed by atoms with Crippen LogP contribution in [0.15, 0.2) is 24.3 Å². The smallest absolute Gasteiger partial charge is 0.329 e. The zero-order valence-corrected chi connectivity index (χ0v) is 13.8. The summed E-state index contributed by atoms with van der Waals surface area (Å²) in [6.07, 6.45) is 0. The van der Waals surface area contributed by atoms with E-state index in [9.17, 15) is 19.5 Å². The molecule has 2 saturated heterocycles. The Labute approximate surface area is 139 Å². The number of carbonyl (C=O) groups is 3. The number of benzene rings is 1. The molecule has 4 atom stereocenters. The van der Waals surface area contributed by atoms with E-state index in [1.54, 1.807) is 0 Å². The summed E-state index contributed by atoms with van der Waals surface area (Å²) >= 11 is 0. The number of nitrogens with zero attached hydrogens (tertiary/aromatic N) is 1. The normalized spacial score (nSPS) is 32.2. The quantitative estimate of drug-likeness (QED) is 0.587. The van der Waals surface area contributed by atoms with Gasteiger partial charge >= 0.3 is 5.97 Å². The molecule has 0 radical (unpaired) electrons. The summed E-state index contributed by atoms with van der Waals surface area (Å²) in [6, 6.07) is 6.95. The van der Waals surface area contributed by atoms with Crippen molar-refractivity contribution in [2.24, 2.45) is 11.8 Å². The maximum absolute atomic E-state index is 12.6. The van der Waals surface area contributed by atoms with Crippen molar-refractivity contribution >= 4 is 17.8 Å². The summed E-state index contributed by atoms with van der Waals surface area (Å²) in [5, 5.41) is 12.9. The van der Waals surface area contributed by atoms with E-state index in [1.165, 1.54) is 14.2 Å². The lowest BCUT2D eigenvalue weighted by Gasteiger charge is -2.29. The van der Waals surface area contributed by atoms with Crippen molar-refractivity contribution in [3.63, 3.8) is 0 Å². The number of rotatable bonds is 3. The standard InChI is InChI=1S/C17H20N2O5/c1-9-4-6-10(7-5-9)13-11-12(15(22)19(2)14(11)21)17(8-20,18-13)16(23)24-3/h4-7,11-13,18,20H,8H2,1-3H3/t11-,12-,13-,17-/m0/s1. The predicted molar refractivity (Wildman–Crippen MR) is 83.6 cm³/mol. The lowest BCUT2D eigenvalue weighted by Crippen LogP contribution is -2.58. The molecule has 3 rings (SSSR count). The Balaban J connectivity index is 2.12. The molecule has 7 heteroatoms. The van der Waals surface area contributed by atoms with E-state index >= 15 is 0 Å². The van der Waals surface area contributed by atoms with Crippen LogP contribution in [0.3, 0.4) is 0 Å². The SMILES string of the molecule is COC(=O)[C@@]1(CO)N[C@@H](c2ccc(C)cc2)[C@H]2C(=O)N(C)C(=O)[C@H]21. The number of ether oxygens (including phenoxy) is 1. The number of nitrogens with one attached hydrogen (secondary N) is 1. The number of aliphatic hydroxyl groups excluding tert-OH is 1. The fourth-order valence-electron chi connectivity index (χ4n) is 3.79. The molecule has 7 nitrogen and oxygen atoms in total. The van der Waals surface area contributed by atoms with Crippen molar-refractivity contribution < 1.29 is 24.2 Å². The topological polar surface area (TPSA) is 95.9 Å². The molecule has 0 aromatic heterocycles. The highest BCUT2D eigenvalue weighted by Gasteiger charge is 2.68. The van der Waals surface area contributed by atoms with E-state index < -0.39 is 41.9 Å². The monoisotopic (exact) mass is 332 g/mol. The van der Waals surface area contributed by atoms with Crippen molar-refractivity contribution in [3.05, 3.63) is 35.4 Å². The third-order valence-electron chi connectivity index (χ3n) is 5.11. The molecule has 1 aromatic rings. The highest BCUT2D eigenvalue weighted by Crippen LogP contribution is 2.48. The Hall–Kier alpha value is -2.25. The second-order valence-corrected chi connectivity index (χ2v) is 6.39. The lowest BCUT2D eigenvalue weighted by molar-refractivity contribution is -0.156. The Morgan fingerprint density at radius 1 is 1.29 bits per heavy atom. The van der Waals surface area contributed by atoms with E-state index in [2.05, 4.69) is 5.32 Å². The van der Waals surface area contributed by atoms with Gasteiger partial charge in [0.1, 0.15) is 0 Å². The van der Waals surface area contributed by atoms with Crippen LogP contribution < -0.4 is 5.32 Å². The molecule has 0 saturated carbocycles. The summed E-state index contributed by atoms with van der Waals surface area (Å²) < 4.78 is 4.82. The van der Waals surface area contributed by atoms with Crippen molar-refractivity contribution in [1.29, 1.82) is 0 Å². The highest BCUT2D eigenvalue weighted by atomic mass is 16.5. The van der Waals surface area contributed by atoms with Gasteiger partial charge in [0.25, 0.3) is 0 Å². The average Bonchev–Trinajstić information content (AvgIpc) is 3.05. The number of likely N-dealkylation sites (tertiary alicyclic amines) is 1. The number of esters is 1. The van der Waals surface area contributed by atoms with E-state index in [0.717, 1.165) is 16.0 Å². The zero-order valence-electron chi connectivity index (χ0n) is 13.8. The number of hydrogen-bond donors (Lipinski definition) is 2. The molecule has 2 fully saturated rings. The van der Waals surface area contributed by atoms with Crippen LogP contribution in [-0.4, -0.2) is 54.1 Å². The highest BCUT2D eigenvalue weighted by molar-refractivity contribution is 6.09. The van der Waals surface area contributed by atoms with E-state index in [-0.39, 0.29) is 5.91 Å². The Bertz CT molecular complexity index is 701. The maximum Gasteiger partial charge on any atom is 0.329 e. The number of hydrogen-bond acceptors (Lipinski definition) is 6. The van der Waals surface area contributed by atoms with Gasteiger partial charge < -0.3 is 9.84 Å². The van der Waals surface area contributed by atoms with Crippen LogP contribution in [0, 0.1) is 18.8 Å². The predicted octanol–water partition coefficient (Wildman–Crippen LogP) is -0.226. The number of carbonyl (C=O) groups excluding carboxylic acids is 3. The van der Waals surface area contributed by atoms with Gasteiger partial charge in [-0.3, -0.25) is 19.8 Å². The molecule has 0 aliphatic carbocycles. The van der Waals surface area contributed by atoms with Gasteiger partial charge in [0.2, 0.25) is 11.8 Å². The summed E-state index contributed by atoms with van der Waals surface area (Å²) in [6.45, 7) is 1.31. The third kappa shape index (κ3) is 2.08. The van der Waals surface area contributed by atoms with Gasteiger partial charge in [-0.15, -0.1) is 0 Å². The molecular weight excluding hydrogens is 312 g/mol. The summed E-state index contributed by atoms with van der Waals surface area (Å²) in [4.78, 5) is 38.6. The van der Waals surface area contributed by atoms with Crippen molar-refractivity contribution in [2.45, 2.75) is 18.5 Å². The number of aliphatic hydroxyl groups is 1. The molecule has 128 valence electrons. The molecule has 0 spiro atoms. The summed E-state index contributed by atoms with van der Waals surface area (Å²) in [7, 11) is 2.59. The van der Waals surface area contributed by atoms with E-state index in [4.69, 9.17) is 4.74 Å². The largest absolute Gasteiger partial charge is 0.468 e. The summed E-state index contributed by atoms with van der Waals surface area (Å²) in [5.41, 5.74) is 0.221. The van der Waals surface area contributed by atoms with Crippen LogP contribution in [0.4, 0.5) is 0 Å². The minimum Gasteiger partial charge on any atom is -0.468 e. The van der Waals surface area contributed by atoms with Crippen LogP contribution in [-0.2, 0) is 19.1 Å². The molecule has 0 bridgehead atoms. The Kier molecular flexibility index (Phi) is 3.93. The molecule has 24 heavy (non-hydrogen) atoms. The first-order valence-corrected chi connectivity index (χ1v) is 7.72. The molecule has 1 aromatic carbocycles.